The van der Waals surface area contributed by atoms with Crippen molar-refractivity contribution in [1.29, 1.82) is 0 Å². The molecule has 2 saturated heterocycles. The highest BCUT2D eigenvalue weighted by Crippen LogP contribution is 2.61. The van der Waals surface area contributed by atoms with Gasteiger partial charge in [0.15, 0.2) is 0 Å². The van der Waals surface area contributed by atoms with Crippen molar-refractivity contribution < 1.29 is 23.8 Å². The van der Waals surface area contributed by atoms with E-state index in [4.69, 9.17) is 14.2 Å². The number of amides is 1. The zero-order valence-corrected chi connectivity index (χ0v) is 20.2. The normalized spacial score (nSPS) is 31.9. The minimum absolute atomic E-state index is 0.0562. The summed E-state index contributed by atoms with van der Waals surface area (Å²) in [7, 11) is 1.68. The van der Waals surface area contributed by atoms with Crippen molar-refractivity contribution in [1.82, 2.24) is 4.90 Å². The number of benzene rings is 2. The summed E-state index contributed by atoms with van der Waals surface area (Å²) in [4.78, 5) is 28.8. The molecule has 0 radical (unpaired) electrons. The second-order valence-corrected chi connectivity index (χ2v) is 10.0. The lowest BCUT2D eigenvalue weighted by Crippen LogP contribution is -2.60. The zero-order chi connectivity index (χ0) is 23.9. The molecular formula is C28H33NO5. The number of esters is 1. The Hall–Kier alpha value is -2.86. The highest BCUT2D eigenvalue weighted by Gasteiger charge is 2.76. The molecule has 1 saturated carbocycles. The van der Waals surface area contributed by atoms with Crippen molar-refractivity contribution in [3.8, 4) is 5.75 Å². The van der Waals surface area contributed by atoms with Gasteiger partial charge in [-0.1, -0.05) is 49.4 Å². The molecule has 2 bridgehead atoms. The second-order valence-electron chi connectivity index (χ2n) is 10.0. The first-order chi connectivity index (χ1) is 16.4. The Morgan fingerprint density at radius 2 is 1.88 bits per heavy atom. The smallest absolute Gasteiger partial charge is 0.348 e. The second kappa shape index (κ2) is 8.73. The SMILES string of the molecule is CCOC(=O)[C@@]12C[C@H]3[C@H](Cc4cccc(OC)c4)C[C@@H](C)C[C@]3(O1)N(Cc1ccccc1)C2=O. The van der Waals surface area contributed by atoms with Crippen molar-refractivity contribution in [3.05, 3.63) is 65.7 Å². The number of hydrogen-bond donors (Lipinski definition) is 0. The average Bonchev–Trinajstić information content (AvgIpc) is 3.30. The molecular weight excluding hydrogens is 430 g/mol. The highest BCUT2D eigenvalue weighted by molar-refractivity contribution is 6.08. The maximum Gasteiger partial charge on any atom is 0.348 e. The van der Waals surface area contributed by atoms with Gasteiger partial charge in [-0.3, -0.25) is 4.79 Å². The molecule has 2 aliphatic heterocycles. The fraction of sp³-hybridized carbons (Fsp3) is 0.500. The van der Waals surface area contributed by atoms with E-state index in [1.54, 1.807) is 14.0 Å². The molecule has 0 N–H and O–H groups in total. The molecule has 180 valence electrons. The summed E-state index contributed by atoms with van der Waals surface area (Å²) in [5.41, 5.74) is -0.100. The Morgan fingerprint density at radius 1 is 1.12 bits per heavy atom. The van der Waals surface area contributed by atoms with E-state index in [0.29, 0.717) is 18.9 Å². The fourth-order valence-corrected chi connectivity index (χ4v) is 6.53. The Bertz CT molecular complexity index is 1070. The van der Waals surface area contributed by atoms with Gasteiger partial charge in [0, 0.05) is 18.9 Å². The van der Waals surface area contributed by atoms with Crippen LogP contribution in [0, 0.1) is 17.8 Å². The van der Waals surface area contributed by atoms with Crippen LogP contribution in [0.5, 0.6) is 5.75 Å². The Balaban J connectivity index is 1.53. The van der Waals surface area contributed by atoms with E-state index >= 15 is 0 Å². The molecule has 1 amide bonds. The van der Waals surface area contributed by atoms with Crippen LogP contribution in [-0.2, 0) is 32.0 Å². The predicted octanol–water partition coefficient (Wildman–Crippen LogP) is 4.36. The van der Waals surface area contributed by atoms with Crippen LogP contribution < -0.4 is 4.74 Å². The molecule has 2 heterocycles. The Morgan fingerprint density at radius 3 is 2.62 bits per heavy atom. The predicted molar refractivity (Wildman–Crippen MR) is 127 cm³/mol. The molecule has 1 spiro atoms. The summed E-state index contributed by atoms with van der Waals surface area (Å²) in [6.07, 6.45) is 2.99. The van der Waals surface area contributed by atoms with Gasteiger partial charge in [-0.15, -0.1) is 0 Å². The van der Waals surface area contributed by atoms with Gasteiger partial charge in [0.1, 0.15) is 11.5 Å². The third-order valence-electron chi connectivity index (χ3n) is 7.82. The average molecular weight is 464 g/mol. The van der Waals surface area contributed by atoms with Gasteiger partial charge >= 0.3 is 5.97 Å². The van der Waals surface area contributed by atoms with Crippen LogP contribution in [-0.4, -0.2) is 41.8 Å². The van der Waals surface area contributed by atoms with Crippen molar-refractivity contribution >= 4 is 11.9 Å². The molecule has 5 atom stereocenters. The van der Waals surface area contributed by atoms with E-state index in [-0.39, 0.29) is 24.3 Å². The summed E-state index contributed by atoms with van der Waals surface area (Å²) in [5, 5.41) is 0. The first-order valence-corrected chi connectivity index (χ1v) is 12.3. The molecule has 6 nitrogen and oxygen atoms in total. The molecule has 0 unspecified atom stereocenters. The van der Waals surface area contributed by atoms with Crippen molar-refractivity contribution in [2.75, 3.05) is 13.7 Å². The van der Waals surface area contributed by atoms with Crippen molar-refractivity contribution in [2.24, 2.45) is 17.8 Å². The molecule has 34 heavy (non-hydrogen) atoms. The maximum absolute atomic E-state index is 13.8. The summed E-state index contributed by atoms with van der Waals surface area (Å²) < 4.78 is 17.5. The van der Waals surface area contributed by atoms with E-state index in [2.05, 4.69) is 19.1 Å². The number of likely N-dealkylation sites (tertiary alicyclic amines) is 1. The molecule has 3 aliphatic rings. The van der Waals surface area contributed by atoms with Gasteiger partial charge in [0.25, 0.3) is 5.91 Å². The van der Waals surface area contributed by atoms with Gasteiger partial charge in [-0.05, 0) is 61.3 Å². The maximum atomic E-state index is 13.8. The van der Waals surface area contributed by atoms with E-state index in [1.165, 1.54) is 5.56 Å². The number of methoxy groups -OCH3 is 1. The Labute approximate surface area is 201 Å². The number of hydrogen-bond acceptors (Lipinski definition) is 5. The summed E-state index contributed by atoms with van der Waals surface area (Å²) >= 11 is 0. The van der Waals surface area contributed by atoms with Crippen LogP contribution in [0.25, 0.3) is 0 Å². The van der Waals surface area contributed by atoms with E-state index in [1.807, 2.05) is 47.4 Å². The van der Waals surface area contributed by atoms with E-state index in [9.17, 15) is 9.59 Å². The van der Waals surface area contributed by atoms with Gasteiger partial charge in [-0.25, -0.2) is 4.79 Å². The van der Waals surface area contributed by atoms with Crippen molar-refractivity contribution in [2.45, 2.75) is 57.4 Å². The highest BCUT2D eigenvalue weighted by atomic mass is 16.6. The number of nitrogens with zero attached hydrogens (tertiary/aromatic N) is 1. The molecule has 5 rings (SSSR count). The van der Waals surface area contributed by atoms with Gasteiger partial charge in [0.2, 0.25) is 5.60 Å². The molecule has 1 aliphatic carbocycles. The lowest BCUT2D eigenvalue weighted by atomic mass is 9.64. The number of carbonyl (C=O) groups is 2. The molecule has 2 aromatic rings. The molecule has 3 fully saturated rings. The molecule has 0 aromatic heterocycles. The monoisotopic (exact) mass is 463 g/mol. The number of ether oxygens (including phenoxy) is 3. The number of rotatable bonds is 7. The lowest BCUT2D eigenvalue weighted by Gasteiger charge is -2.50. The quantitative estimate of drug-likeness (QED) is 0.451. The van der Waals surface area contributed by atoms with Gasteiger partial charge in [-0.2, -0.15) is 0 Å². The minimum atomic E-state index is -1.54. The van der Waals surface area contributed by atoms with Crippen LogP contribution >= 0.6 is 0 Å². The third-order valence-corrected chi connectivity index (χ3v) is 7.82. The third kappa shape index (κ3) is 3.59. The van der Waals surface area contributed by atoms with Crippen molar-refractivity contribution in [3.63, 3.8) is 0 Å². The van der Waals surface area contributed by atoms with Crippen LogP contribution in [0.2, 0.25) is 0 Å². The Kier molecular flexibility index (Phi) is 5.88. The number of carbonyl (C=O) groups excluding carboxylic acids is 2. The molecule has 2 aromatic carbocycles. The van der Waals surface area contributed by atoms with Crippen LogP contribution in [0.15, 0.2) is 54.6 Å². The first kappa shape index (κ1) is 22.9. The summed E-state index contributed by atoms with van der Waals surface area (Å²) in [6.45, 7) is 4.63. The standard InChI is InChI=1S/C28H33NO5/c1-4-33-26(31)27-17-24-22(14-21-11-8-12-23(15-21)32-3)13-19(2)16-28(24,34-27)29(25(27)30)18-20-9-6-5-7-10-20/h5-12,15,19,22,24H,4,13-14,16-18H2,1-3H3/t19-,22+,24+,27+,28-/m1/s1. The number of fused-ring (bicyclic) bond motifs is 1. The fourth-order valence-electron chi connectivity index (χ4n) is 6.53. The summed E-state index contributed by atoms with van der Waals surface area (Å²) in [5.74, 6) is 0.731. The largest absolute Gasteiger partial charge is 0.497 e. The van der Waals surface area contributed by atoms with Crippen LogP contribution in [0.3, 0.4) is 0 Å². The summed E-state index contributed by atoms with van der Waals surface area (Å²) in [6, 6.07) is 18.1. The lowest BCUT2D eigenvalue weighted by molar-refractivity contribution is -0.179. The van der Waals surface area contributed by atoms with E-state index < -0.39 is 17.3 Å². The van der Waals surface area contributed by atoms with Crippen LogP contribution in [0.1, 0.15) is 44.2 Å². The molecule has 6 heteroatoms. The van der Waals surface area contributed by atoms with Gasteiger partial charge in [0.05, 0.1) is 13.7 Å². The van der Waals surface area contributed by atoms with E-state index in [0.717, 1.165) is 30.6 Å². The first-order valence-electron chi connectivity index (χ1n) is 12.3. The van der Waals surface area contributed by atoms with Gasteiger partial charge < -0.3 is 19.1 Å². The topological polar surface area (TPSA) is 65.1 Å². The number of piperidine rings is 1. The van der Waals surface area contributed by atoms with Crippen LogP contribution in [0.4, 0.5) is 0 Å². The zero-order valence-electron chi connectivity index (χ0n) is 20.2. The minimum Gasteiger partial charge on any atom is -0.497 e.